The van der Waals surface area contributed by atoms with E-state index in [1.54, 1.807) is 17.2 Å². The van der Waals surface area contributed by atoms with E-state index in [-0.39, 0.29) is 17.9 Å². The van der Waals surface area contributed by atoms with E-state index in [4.69, 9.17) is 4.42 Å². The summed E-state index contributed by atoms with van der Waals surface area (Å²) in [6.07, 6.45) is 7.00. The van der Waals surface area contributed by atoms with Crippen LogP contribution in [-0.2, 0) is 17.8 Å². The van der Waals surface area contributed by atoms with Crippen LogP contribution >= 0.6 is 0 Å². The van der Waals surface area contributed by atoms with Crippen LogP contribution in [0.5, 0.6) is 0 Å². The molecule has 6 heteroatoms. The predicted molar refractivity (Wildman–Crippen MR) is 125 cm³/mol. The highest BCUT2D eigenvalue weighted by Gasteiger charge is 2.49. The molecule has 5 rings (SSSR count). The van der Waals surface area contributed by atoms with E-state index in [1.165, 1.54) is 12.0 Å². The first-order valence-electron chi connectivity index (χ1n) is 11.7. The predicted octanol–water partition coefficient (Wildman–Crippen LogP) is 4.91. The number of rotatable bonds is 4. The summed E-state index contributed by atoms with van der Waals surface area (Å²) < 4.78 is 7.49. The number of aryl methyl sites for hydroxylation is 1. The molecule has 2 aromatic heterocycles. The third kappa shape index (κ3) is 3.24. The first-order chi connectivity index (χ1) is 15.4. The van der Waals surface area contributed by atoms with Crippen LogP contribution in [0.3, 0.4) is 0 Å². The van der Waals surface area contributed by atoms with Crippen molar-refractivity contribution in [2.75, 3.05) is 4.90 Å². The van der Waals surface area contributed by atoms with Gasteiger partial charge < -0.3 is 14.3 Å². The van der Waals surface area contributed by atoms with Gasteiger partial charge in [0.05, 0.1) is 18.3 Å². The van der Waals surface area contributed by atoms with Crippen LogP contribution < -0.4 is 10.2 Å². The lowest BCUT2D eigenvalue weighted by atomic mass is 9.84. The van der Waals surface area contributed by atoms with Gasteiger partial charge in [-0.25, -0.2) is 0 Å². The number of furan rings is 1. The molecule has 0 spiro atoms. The number of nitrogens with one attached hydrogen (secondary N) is 1. The second-order valence-corrected chi connectivity index (χ2v) is 9.56. The summed E-state index contributed by atoms with van der Waals surface area (Å²) in [5, 5.41) is 3.32. The van der Waals surface area contributed by atoms with Crippen molar-refractivity contribution in [3.8, 4) is 0 Å². The van der Waals surface area contributed by atoms with Gasteiger partial charge in [0.2, 0.25) is 5.91 Å². The average Bonchev–Trinajstić information content (AvgIpc) is 3.38. The number of carbonyl (C=O) groups excluding carboxylic acids is 2. The molecule has 6 nitrogen and oxygen atoms in total. The molecule has 2 aliphatic rings. The van der Waals surface area contributed by atoms with Crippen LogP contribution in [-0.4, -0.2) is 28.0 Å². The standard InChI is InChI=1S/C26H31N3O3/c1-4-18-9-11-19(12-10-18)29-24(30)22-15-23-21(13-14-32-23)28(22)16-26(29,3)25(31)27-20-8-6-5-7-17(20)2/h9-15,17,20H,4-8,16H2,1-3H3,(H,27,31)/t17-,20+,26+/m0/s1. The SMILES string of the molecule is CCc1ccc(N2C(=O)c3cc4occc4n3C[C@]2(C)C(=O)N[C@@H]2CCCC[C@@H]2C)cc1. The molecule has 2 amide bonds. The highest BCUT2D eigenvalue weighted by atomic mass is 16.3. The molecule has 0 radical (unpaired) electrons. The van der Waals surface area contributed by atoms with Crippen molar-refractivity contribution >= 4 is 28.6 Å². The maximum absolute atomic E-state index is 13.9. The highest BCUT2D eigenvalue weighted by Crippen LogP contribution is 2.37. The van der Waals surface area contributed by atoms with Crippen molar-refractivity contribution in [2.45, 2.75) is 71.0 Å². The third-order valence-electron chi connectivity index (χ3n) is 7.42. The zero-order valence-corrected chi connectivity index (χ0v) is 19.1. The Morgan fingerprint density at radius 2 is 1.94 bits per heavy atom. The third-order valence-corrected chi connectivity index (χ3v) is 7.42. The van der Waals surface area contributed by atoms with Crippen molar-refractivity contribution in [3.63, 3.8) is 0 Å². The molecule has 0 unspecified atom stereocenters. The van der Waals surface area contributed by atoms with Gasteiger partial charge in [0.25, 0.3) is 5.91 Å². The van der Waals surface area contributed by atoms with Gasteiger partial charge in [-0.05, 0) is 49.8 Å². The van der Waals surface area contributed by atoms with Gasteiger partial charge in [-0.2, -0.15) is 0 Å². The van der Waals surface area contributed by atoms with E-state index in [2.05, 4.69) is 19.2 Å². The minimum atomic E-state index is -1.06. The fourth-order valence-corrected chi connectivity index (χ4v) is 5.35. The second kappa shape index (κ2) is 7.84. The summed E-state index contributed by atoms with van der Waals surface area (Å²) in [6, 6.07) is 11.8. The van der Waals surface area contributed by atoms with Gasteiger partial charge in [0, 0.05) is 23.9 Å². The molecule has 1 fully saturated rings. The monoisotopic (exact) mass is 433 g/mol. The minimum absolute atomic E-state index is 0.0971. The lowest BCUT2D eigenvalue weighted by Crippen LogP contribution is -2.65. The van der Waals surface area contributed by atoms with Gasteiger partial charge in [-0.3, -0.25) is 14.5 Å². The quantitative estimate of drug-likeness (QED) is 0.636. The van der Waals surface area contributed by atoms with Gasteiger partial charge in [0.1, 0.15) is 11.2 Å². The molecular weight excluding hydrogens is 402 g/mol. The zero-order chi connectivity index (χ0) is 22.5. The molecule has 0 bridgehead atoms. The van der Waals surface area contributed by atoms with Crippen molar-refractivity contribution < 1.29 is 14.0 Å². The number of anilines is 1. The number of benzene rings is 1. The van der Waals surface area contributed by atoms with Crippen molar-refractivity contribution in [1.29, 1.82) is 0 Å². The normalized spacial score (nSPS) is 25.7. The van der Waals surface area contributed by atoms with Gasteiger partial charge >= 0.3 is 0 Å². The Hall–Kier alpha value is -3.02. The number of hydrogen-bond donors (Lipinski definition) is 1. The van der Waals surface area contributed by atoms with Crippen LogP contribution in [0.4, 0.5) is 5.69 Å². The van der Waals surface area contributed by atoms with Crippen LogP contribution in [0.15, 0.2) is 47.1 Å². The van der Waals surface area contributed by atoms with E-state index in [0.29, 0.717) is 23.7 Å². The second-order valence-electron chi connectivity index (χ2n) is 9.56. The van der Waals surface area contributed by atoms with Crippen LogP contribution in [0.25, 0.3) is 11.1 Å². The lowest BCUT2D eigenvalue weighted by Gasteiger charge is -2.45. The van der Waals surface area contributed by atoms with E-state index in [9.17, 15) is 9.59 Å². The minimum Gasteiger partial charge on any atom is -0.463 e. The van der Waals surface area contributed by atoms with E-state index in [0.717, 1.165) is 36.9 Å². The summed E-state index contributed by atoms with van der Waals surface area (Å²) in [5.41, 5.74) is 2.94. The largest absolute Gasteiger partial charge is 0.463 e. The van der Waals surface area contributed by atoms with Crippen molar-refractivity contribution in [3.05, 3.63) is 53.9 Å². The molecular formula is C26H31N3O3. The molecule has 1 aromatic carbocycles. The summed E-state index contributed by atoms with van der Waals surface area (Å²) in [6.45, 7) is 6.57. The molecule has 3 aromatic rings. The lowest BCUT2D eigenvalue weighted by molar-refractivity contribution is -0.127. The number of fused-ring (bicyclic) bond motifs is 3. The smallest absolute Gasteiger partial charge is 0.276 e. The Morgan fingerprint density at radius 1 is 1.19 bits per heavy atom. The van der Waals surface area contributed by atoms with Crippen molar-refractivity contribution in [1.82, 2.24) is 9.88 Å². The maximum Gasteiger partial charge on any atom is 0.276 e. The van der Waals surface area contributed by atoms with Crippen LogP contribution in [0.2, 0.25) is 0 Å². The summed E-state index contributed by atoms with van der Waals surface area (Å²) in [5.74, 6) is 0.164. The summed E-state index contributed by atoms with van der Waals surface area (Å²) in [4.78, 5) is 29.3. The number of amides is 2. The molecule has 1 aliphatic carbocycles. The average molecular weight is 434 g/mol. The molecule has 1 saturated carbocycles. The first kappa shape index (κ1) is 20.9. The molecule has 3 atom stereocenters. The topological polar surface area (TPSA) is 67.5 Å². The van der Waals surface area contributed by atoms with Crippen LogP contribution in [0, 0.1) is 5.92 Å². The molecule has 1 aliphatic heterocycles. The van der Waals surface area contributed by atoms with E-state index in [1.807, 2.05) is 41.8 Å². The van der Waals surface area contributed by atoms with E-state index >= 15 is 0 Å². The number of hydrogen-bond acceptors (Lipinski definition) is 3. The zero-order valence-electron chi connectivity index (χ0n) is 19.1. The number of carbonyl (C=O) groups is 2. The maximum atomic E-state index is 13.9. The first-order valence-corrected chi connectivity index (χ1v) is 11.7. The summed E-state index contributed by atoms with van der Waals surface area (Å²) in [7, 11) is 0. The fourth-order valence-electron chi connectivity index (χ4n) is 5.35. The summed E-state index contributed by atoms with van der Waals surface area (Å²) >= 11 is 0. The molecule has 0 saturated heterocycles. The van der Waals surface area contributed by atoms with Gasteiger partial charge in [-0.1, -0.05) is 38.8 Å². The number of aromatic nitrogens is 1. The Labute approximate surface area is 188 Å². The Kier molecular flexibility index (Phi) is 5.11. The van der Waals surface area contributed by atoms with Gasteiger partial charge in [0.15, 0.2) is 5.58 Å². The van der Waals surface area contributed by atoms with Crippen LogP contribution in [0.1, 0.15) is 62.5 Å². The molecule has 3 heterocycles. The Bertz CT molecular complexity index is 1160. The molecule has 168 valence electrons. The number of nitrogens with zero attached hydrogens (tertiary/aromatic N) is 2. The Morgan fingerprint density at radius 3 is 2.66 bits per heavy atom. The molecule has 32 heavy (non-hydrogen) atoms. The van der Waals surface area contributed by atoms with Crippen molar-refractivity contribution in [2.24, 2.45) is 5.92 Å². The highest BCUT2D eigenvalue weighted by molar-refractivity contribution is 6.13. The fraction of sp³-hybridized carbons (Fsp3) is 0.462. The Balaban J connectivity index is 1.58. The van der Waals surface area contributed by atoms with E-state index < -0.39 is 5.54 Å². The van der Waals surface area contributed by atoms with Gasteiger partial charge in [-0.15, -0.1) is 0 Å². The molecule has 1 N–H and O–H groups in total.